The molecule has 0 amide bonds. The standard InChI is InChI=1S/C25H20N2/c1-17-10-12-19-20-13-11-18(2)16-25(20)27(24(19)15-17)23-9-4-3-7-21(23)22-8-5-6-14-26-22/h3-16H,1-2H3. The molecule has 0 N–H and O–H groups in total. The van der Waals surface area contributed by atoms with E-state index in [0.717, 1.165) is 16.9 Å². The number of para-hydroxylation sites is 1. The highest BCUT2D eigenvalue weighted by molar-refractivity contribution is 6.10. The van der Waals surface area contributed by atoms with Crippen molar-refractivity contribution in [2.24, 2.45) is 0 Å². The van der Waals surface area contributed by atoms with Gasteiger partial charge in [0, 0.05) is 22.5 Å². The molecule has 0 spiro atoms. The average molecular weight is 348 g/mol. The maximum absolute atomic E-state index is 4.60. The molecule has 0 aliphatic carbocycles. The number of hydrogen-bond donors (Lipinski definition) is 0. The van der Waals surface area contributed by atoms with E-state index in [1.165, 1.54) is 32.9 Å². The SMILES string of the molecule is Cc1ccc2c3ccc(C)cc3n(-c3ccccc3-c3ccccn3)c2c1. The molecule has 2 nitrogen and oxygen atoms in total. The molecule has 2 aromatic heterocycles. The minimum absolute atomic E-state index is 0.989. The lowest BCUT2D eigenvalue weighted by Gasteiger charge is -2.13. The first kappa shape index (κ1) is 15.8. The van der Waals surface area contributed by atoms with Gasteiger partial charge >= 0.3 is 0 Å². The van der Waals surface area contributed by atoms with E-state index in [0.29, 0.717) is 0 Å². The van der Waals surface area contributed by atoms with Crippen LogP contribution in [-0.2, 0) is 0 Å². The smallest absolute Gasteiger partial charge is 0.0723 e. The Morgan fingerprint density at radius 1 is 0.667 bits per heavy atom. The van der Waals surface area contributed by atoms with Crippen LogP contribution in [0.3, 0.4) is 0 Å². The first-order chi connectivity index (χ1) is 13.2. The summed E-state index contributed by atoms with van der Waals surface area (Å²) in [7, 11) is 0. The van der Waals surface area contributed by atoms with Gasteiger partial charge in [-0.15, -0.1) is 0 Å². The third-order valence-electron chi connectivity index (χ3n) is 5.16. The highest BCUT2D eigenvalue weighted by Crippen LogP contribution is 2.36. The number of nitrogens with zero attached hydrogens (tertiary/aromatic N) is 2. The highest BCUT2D eigenvalue weighted by Gasteiger charge is 2.15. The lowest BCUT2D eigenvalue weighted by molar-refractivity contribution is 1.17. The van der Waals surface area contributed by atoms with Gasteiger partial charge in [0.25, 0.3) is 0 Å². The molecule has 0 unspecified atom stereocenters. The lowest BCUT2D eigenvalue weighted by atomic mass is 10.1. The van der Waals surface area contributed by atoms with Gasteiger partial charge in [-0.3, -0.25) is 4.98 Å². The lowest BCUT2D eigenvalue weighted by Crippen LogP contribution is -1.98. The van der Waals surface area contributed by atoms with E-state index in [9.17, 15) is 0 Å². The third-order valence-corrected chi connectivity index (χ3v) is 5.16. The van der Waals surface area contributed by atoms with Gasteiger partial charge in [-0.2, -0.15) is 0 Å². The molecule has 3 aromatic carbocycles. The number of pyridine rings is 1. The molecule has 130 valence electrons. The Labute approximate surface area is 158 Å². The van der Waals surface area contributed by atoms with E-state index >= 15 is 0 Å². The largest absolute Gasteiger partial charge is 0.309 e. The van der Waals surface area contributed by atoms with Crippen LogP contribution >= 0.6 is 0 Å². The van der Waals surface area contributed by atoms with Crippen LogP contribution in [0.4, 0.5) is 0 Å². The van der Waals surface area contributed by atoms with E-state index in [-0.39, 0.29) is 0 Å². The summed E-state index contributed by atoms with van der Waals surface area (Å²) in [5.74, 6) is 0. The topological polar surface area (TPSA) is 17.8 Å². The van der Waals surface area contributed by atoms with Crippen molar-refractivity contribution < 1.29 is 0 Å². The molecule has 0 fully saturated rings. The Morgan fingerprint density at radius 3 is 1.93 bits per heavy atom. The van der Waals surface area contributed by atoms with E-state index in [1.807, 2.05) is 18.3 Å². The molecule has 2 heteroatoms. The zero-order valence-corrected chi connectivity index (χ0v) is 15.5. The summed E-state index contributed by atoms with van der Waals surface area (Å²) in [5, 5.41) is 2.57. The normalized spacial score (nSPS) is 11.3. The van der Waals surface area contributed by atoms with Crippen molar-refractivity contribution in [1.29, 1.82) is 0 Å². The van der Waals surface area contributed by atoms with E-state index in [1.54, 1.807) is 0 Å². The number of hydrogen-bond acceptors (Lipinski definition) is 1. The second-order valence-electron chi connectivity index (χ2n) is 7.11. The van der Waals surface area contributed by atoms with Crippen molar-refractivity contribution >= 4 is 21.8 Å². The summed E-state index contributed by atoms with van der Waals surface area (Å²) in [6.07, 6.45) is 1.85. The number of aryl methyl sites for hydroxylation is 2. The van der Waals surface area contributed by atoms with Gasteiger partial charge in [-0.05, 0) is 55.3 Å². The van der Waals surface area contributed by atoms with Crippen LogP contribution in [0.2, 0.25) is 0 Å². The quantitative estimate of drug-likeness (QED) is 0.358. The van der Waals surface area contributed by atoms with Crippen molar-refractivity contribution in [1.82, 2.24) is 9.55 Å². The maximum Gasteiger partial charge on any atom is 0.0723 e. The zero-order chi connectivity index (χ0) is 18.4. The molecule has 5 rings (SSSR count). The van der Waals surface area contributed by atoms with Gasteiger partial charge in [0.1, 0.15) is 0 Å². The van der Waals surface area contributed by atoms with Crippen LogP contribution in [0.5, 0.6) is 0 Å². The molecular formula is C25H20N2. The monoisotopic (exact) mass is 348 g/mol. The molecule has 27 heavy (non-hydrogen) atoms. The molecule has 0 aliphatic rings. The Hall–Kier alpha value is -3.39. The molecule has 0 saturated heterocycles. The summed E-state index contributed by atoms with van der Waals surface area (Å²) in [6.45, 7) is 4.30. The number of benzene rings is 3. The van der Waals surface area contributed by atoms with Crippen LogP contribution in [0.25, 0.3) is 38.8 Å². The second-order valence-corrected chi connectivity index (χ2v) is 7.11. The van der Waals surface area contributed by atoms with Crippen molar-refractivity contribution in [3.63, 3.8) is 0 Å². The Balaban J connectivity index is 1.94. The number of rotatable bonds is 2. The fourth-order valence-electron chi connectivity index (χ4n) is 3.91. The summed E-state index contributed by atoms with van der Waals surface area (Å²) >= 11 is 0. The van der Waals surface area contributed by atoms with Crippen molar-refractivity contribution in [2.45, 2.75) is 13.8 Å². The van der Waals surface area contributed by atoms with Gasteiger partial charge < -0.3 is 4.57 Å². The van der Waals surface area contributed by atoms with E-state index in [4.69, 9.17) is 0 Å². The van der Waals surface area contributed by atoms with Crippen molar-refractivity contribution in [2.75, 3.05) is 0 Å². The van der Waals surface area contributed by atoms with Crippen molar-refractivity contribution in [3.05, 3.63) is 96.2 Å². The van der Waals surface area contributed by atoms with Crippen LogP contribution in [0.1, 0.15) is 11.1 Å². The minimum Gasteiger partial charge on any atom is -0.309 e. The molecule has 2 heterocycles. The van der Waals surface area contributed by atoms with Gasteiger partial charge in [-0.25, -0.2) is 0 Å². The Kier molecular flexibility index (Phi) is 3.58. The minimum atomic E-state index is 0.989. The Bertz CT molecular complexity index is 1220. The predicted octanol–water partition coefficient (Wildman–Crippen LogP) is 6.46. The molecule has 0 atom stereocenters. The predicted molar refractivity (Wildman–Crippen MR) is 113 cm³/mol. The summed E-state index contributed by atoms with van der Waals surface area (Å²) in [6, 6.07) is 28.0. The van der Waals surface area contributed by atoms with Crippen LogP contribution in [0.15, 0.2) is 85.1 Å². The number of aromatic nitrogens is 2. The van der Waals surface area contributed by atoms with Crippen LogP contribution in [0, 0.1) is 13.8 Å². The third kappa shape index (κ3) is 2.53. The number of fused-ring (bicyclic) bond motifs is 3. The van der Waals surface area contributed by atoms with Gasteiger partial charge in [0.05, 0.1) is 22.4 Å². The fourth-order valence-corrected chi connectivity index (χ4v) is 3.91. The molecular weight excluding hydrogens is 328 g/mol. The molecule has 0 radical (unpaired) electrons. The van der Waals surface area contributed by atoms with Crippen LogP contribution < -0.4 is 0 Å². The van der Waals surface area contributed by atoms with E-state index < -0.39 is 0 Å². The Morgan fingerprint density at radius 2 is 1.30 bits per heavy atom. The van der Waals surface area contributed by atoms with Gasteiger partial charge in [0.2, 0.25) is 0 Å². The molecule has 0 bridgehead atoms. The van der Waals surface area contributed by atoms with Gasteiger partial charge in [0.15, 0.2) is 0 Å². The summed E-state index contributed by atoms with van der Waals surface area (Å²) in [4.78, 5) is 4.60. The molecule has 5 aromatic rings. The summed E-state index contributed by atoms with van der Waals surface area (Å²) in [5.41, 5.74) is 8.28. The van der Waals surface area contributed by atoms with E-state index in [2.05, 4.69) is 90.1 Å². The van der Waals surface area contributed by atoms with Crippen LogP contribution in [-0.4, -0.2) is 9.55 Å². The highest BCUT2D eigenvalue weighted by atomic mass is 15.0. The zero-order valence-electron chi connectivity index (χ0n) is 15.5. The summed E-state index contributed by atoms with van der Waals surface area (Å²) < 4.78 is 2.38. The first-order valence-electron chi connectivity index (χ1n) is 9.24. The second kappa shape index (κ2) is 6.10. The maximum atomic E-state index is 4.60. The van der Waals surface area contributed by atoms with Gasteiger partial charge in [-0.1, -0.05) is 48.5 Å². The average Bonchev–Trinajstić information content (AvgIpc) is 3.01. The first-order valence-corrected chi connectivity index (χ1v) is 9.24. The van der Waals surface area contributed by atoms with Crippen molar-refractivity contribution in [3.8, 4) is 16.9 Å². The fraction of sp³-hybridized carbons (Fsp3) is 0.0800. The molecule has 0 aliphatic heterocycles. The molecule has 0 saturated carbocycles.